The molecule has 6 heteroatoms. The Balaban J connectivity index is 1.89. The zero-order valence-electron chi connectivity index (χ0n) is 14.5. The van der Waals surface area contributed by atoms with Crippen LogP contribution < -0.4 is 0 Å². The third kappa shape index (κ3) is 2.86. The van der Waals surface area contributed by atoms with E-state index in [1.165, 1.54) is 0 Å². The number of likely N-dealkylation sites (tertiary alicyclic amines) is 2. The molecule has 1 aromatic heterocycles. The number of carbonyl (C=O) groups excluding carboxylic acids is 2. The van der Waals surface area contributed by atoms with Crippen molar-refractivity contribution in [3.63, 3.8) is 0 Å². The molecule has 1 aromatic rings. The molecule has 0 aliphatic carbocycles. The number of ether oxygens (including phenoxy) is 1. The molecule has 0 bridgehead atoms. The number of hydrogen-bond donors (Lipinski definition) is 0. The number of thiophene rings is 1. The fourth-order valence-corrected chi connectivity index (χ4v) is 5.17. The highest BCUT2D eigenvalue weighted by Gasteiger charge is 2.53. The molecular formula is C18H26N2O3S. The van der Waals surface area contributed by atoms with Crippen molar-refractivity contribution < 1.29 is 14.3 Å². The first-order chi connectivity index (χ1) is 11.6. The smallest absolute Gasteiger partial charge is 0.255 e. The predicted octanol–water partition coefficient (Wildman–Crippen LogP) is 2.77. The summed E-state index contributed by atoms with van der Waals surface area (Å²) in [7, 11) is 1.66. The van der Waals surface area contributed by atoms with Crippen LogP contribution in [0.1, 0.15) is 49.4 Å². The Morgan fingerprint density at radius 3 is 2.96 bits per heavy atom. The van der Waals surface area contributed by atoms with Crippen molar-refractivity contribution in [1.29, 1.82) is 0 Å². The molecule has 2 aliphatic rings. The average molecular weight is 350 g/mol. The highest BCUT2D eigenvalue weighted by molar-refractivity contribution is 7.08. The van der Waals surface area contributed by atoms with Gasteiger partial charge in [-0.15, -0.1) is 0 Å². The second-order valence-corrected chi connectivity index (χ2v) is 7.46. The molecule has 2 fully saturated rings. The van der Waals surface area contributed by atoms with Gasteiger partial charge in [-0.1, -0.05) is 6.92 Å². The molecule has 0 unspecified atom stereocenters. The van der Waals surface area contributed by atoms with Crippen molar-refractivity contribution in [3.8, 4) is 0 Å². The molecule has 132 valence electrons. The first kappa shape index (κ1) is 17.4. The Morgan fingerprint density at radius 2 is 2.29 bits per heavy atom. The van der Waals surface area contributed by atoms with Gasteiger partial charge in [-0.2, -0.15) is 11.3 Å². The van der Waals surface area contributed by atoms with Crippen molar-refractivity contribution in [2.75, 3.05) is 26.8 Å². The molecule has 1 spiro atoms. The molecule has 2 saturated heterocycles. The maximum absolute atomic E-state index is 13.0. The van der Waals surface area contributed by atoms with Crippen molar-refractivity contribution >= 4 is 23.2 Å². The lowest BCUT2D eigenvalue weighted by molar-refractivity contribution is -0.135. The molecule has 0 N–H and O–H groups in total. The van der Waals surface area contributed by atoms with E-state index in [4.69, 9.17) is 4.74 Å². The first-order valence-electron chi connectivity index (χ1n) is 8.76. The summed E-state index contributed by atoms with van der Waals surface area (Å²) in [6, 6.07) is 1.98. The molecule has 0 saturated carbocycles. The molecule has 2 aliphatic heterocycles. The van der Waals surface area contributed by atoms with Crippen LogP contribution in [-0.4, -0.2) is 60.0 Å². The molecule has 0 aromatic carbocycles. The maximum atomic E-state index is 13.0. The minimum atomic E-state index is -0.214. The van der Waals surface area contributed by atoms with E-state index >= 15 is 0 Å². The summed E-state index contributed by atoms with van der Waals surface area (Å²) in [6.45, 7) is 4.07. The normalized spacial score (nSPS) is 27.2. The summed E-state index contributed by atoms with van der Waals surface area (Å²) < 4.78 is 5.22. The van der Waals surface area contributed by atoms with Gasteiger partial charge in [0.1, 0.15) is 0 Å². The van der Waals surface area contributed by atoms with Gasteiger partial charge in [-0.05, 0) is 37.1 Å². The lowest BCUT2D eigenvalue weighted by atomic mass is 9.77. The highest BCUT2D eigenvalue weighted by Crippen LogP contribution is 2.43. The van der Waals surface area contributed by atoms with Crippen molar-refractivity contribution in [3.05, 3.63) is 22.4 Å². The van der Waals surface area contributed by atoms with Gasteiger partial charge in [0.05, 0.1) is 23.8 Å². The molecule has 3 rings (SSSR count). The van der Waals surface area contributed by atoms with Crippen LogP contribution in [0.25, 0.3) is 0 Å². The summed E-state index contributed by atoms with van der Waals surface area (Å²) >= 11 is 1.55. The van der Waals surface area contributed by atoms with Gasteiger partial charge in [-0.3, -0.25) is 9.59 Å². The van der Waals surface area contributed by atoms with Crippen molar-refractivity contribution in [2.45, 2.75) is 50.6 Å². The second-order valence-electron chi connectivity index (χ2n) is 6.68. The van der Waals surface area contributed by atoms with Crippen LogP contribution in [0.15, 0.2) is 16.8 Å². The van der Waals surface area contributed by atoms with E-state index in [1.54, 1.807) is 18.4 Å². The van der Waals surface area contributed by atoms with Crippen LogP contribution in [0.4, 0.5) is 0 Å². The van der Waals surface area contributed by atoms with E-state index in [1.807, 2.05) is 26.6 Å². The van der Waals surface area contributed by atoms with E-state index < -0.39 is 0 Å². The van der Waals surface area contributed by atoms with E-state index in [9.17, 15) is 9.59 Å². The zero-order valence-corrected chi connectivity index (χ0v) is 15.3. The SMILES string of the molecule is CC[C@@H]1N(C(=O)c2ccsc2)CCC[C@]12CCC(=O)N2CCOC. The lowest BCUT2D eigenvalue weighted by Gasteiger charge is -2.52. The van der Waals surface area contributed by atoms with Gasteiger partial charge in [-0.25, -0.2) is 0 Å². The monoisotopic (exact) mass is 350 g/mol. The van der Waals surface area contributed by atoms with E-state index in [2.05, 4.69) is 6.92 Å². The first-order valence-corrected chi connectivity index (χ1v) is 9.71. The number of hydrogen-bond acceptors (Lipinski definition) is 4. The molecule has 2 atom stereocenters. The van der Waals surface area contributed by atoms with Gasteiger partial charge in [0.2, 0.25) is 5.91 Å². The van der Waals surface area contributed by atoms with Crippen LogP contribution in [0.5, 0.6) is 0 Å². The second kappa shape index (κ2) is 7.23. The largest absolute Gasteiger partial charge is 0.383 e. The number of nitrogens with zero attached hydrogens (tertiary/aromatic N) is 2. The van der Waals surface area contributed by atoms with Crippen LogP contribution >= 0.6 is 11.3 Å². The topological polar surface area (TPSA) is 49.9 Å². The van der Waals surface area contributed by atoms with Crippen molar-refractivity contribution in [2.24, 2.45) is 0 Å². The standard InChI is InChI=1S/C18H26N2O3S/c1-3-15-18(8-5-16(21)20(18)10-11-23-2)7-4-9-19(15)17(22)14-6-12-24-13-14/h6,12-13,15H,3-5,7-11H2,1-2H3/t15-,18-/m0/s1. The van der Waals surface area contributed by atoms with Gasteiger partial charge >= 0.3 is 0 Å². The van der Waals surface area contributed by atoms with Gasteiger partial charge in [0.25, 0.3) is 5.91 Å². The predicted molar refractivity (Wildman–Crippen MR) is 94.2 cm³/mol. The fourth-order valence-electron chi connectivity index (χ4n) is 4.54. The quantitative estimate of drug-likeness (QED) is 0.820. The molecule has 5 nitrogen and oxygen atoms in total. The number of carbonyl (C=O) groups is 2. The zero-order chi connectivity index (χ0) is 17.2. The Bertz CT molecular complexity index is 589. The molecule has 24 heavy (non-hydrogen) atoms. The molecule has 2 amide bonds. The average Bonchev–Trinajstić information content (AvgIpc) is 3.22. The van der Waals surface area contributed by atoms with Crippen LogP contribution in [-0.2, 0) is 9.53 Å². The minimum absolute atomic E-state index is 0.0851. The Morgan fingerprint density at radius 1 is 1.46 bits per heavy atom. The summed E-state index contributed by atoms with van der Waals surface area (Å²) in [5.74, 6) is 0.309. The van der Waals surface area contributed by atoms with Crippen LogP contribution in [0, 0.1) is 0 Å². The van der Waals surface area contributed by atoms with Gasteiger partial charge in [0, 0.05) is 32.0 Å². The molecule has 3 heterocycles. The van der Waals surface area contributed by atoms with Crippen LogP contribution in [0.3, 0.4) is 0 Å². The number of piperidine rings is 1. The third-order valence-electron chi connectivity index (χ3n) is 5.55. The maximum Gasteiger partial charge on any atom is 0.255 e. The van der Waals surface area contributed by atoms with E-state index in [-0.39, 0.29) is 23.4 Å². The minimum Gasteiger partial charge on any atom is -0.383 e. The van der Waals surface area contributed by atoms with Crippen LogP contribution in [0.2, 0.25) is 0 Å². The summed E-state index contributed by atoms with van der Waals surface area (Å²) in [4.78, 5) is 29.5. The Hall–Kier alpha value is -1.40. The summed E-state index contributed by atoms with van der Waals surface area (Å²) in [5.41, 5.74) is 0.553. The Labute approximate surface area is 147 Å². The summed E-state index contributed by atoms with van der Waals surface area (Å²) in [6.07, 6.45) is 4.23. The number of amides is 2. The lowest BCUT2D eigenvalue weighted by Crippen LogP contribution is -2.64. The summed E-state index contributed by atoms with van der Waals surface area (Å²) in [5, 5.41) is 3.86. The number of rotatable bonds is 5. The van der Waals surface area contributed by atoms with E-state index in [0.29, 0.717) is 19.6 Å². The van der Waals surface area contributed by atoms with Gasteiger partial charge in [0.15, 0.2) is 0 Å². The van der Waals surface area contributed by atoms with Crippen molar-refractivity contribution in [1.82, 2.24) is 9.80 Å². The molecule has 0 radical (unpaired) electrons. The number of methoxy groups -OCH3 is 1. The Kier molecular flexibility index (Phi) is 5.25. The highest BCUT2D eigenvalue weighted by atomic mass is 32.1. The third-order valence-corrected chi connectivity index (χ3v) is 6.23. The van der Waals surface area contributed by atoms with E-state index in [0.717, 1.165) is 37.8 Å². The molecular weight excluding hydrogens is 324 g/mol. The fraction of sp³-hybridized carbons (Fsp3) is 0.667. The van der Waals surface area contributed by atoms with Gasteiger partial charge < -0.3 is 14.5 Å².